The number of rotatable bonds is 3. The Balaban J connectivity index is 2.47. The summed E-state index contributed by atoms with van der Waals surface area (Å²) in [4.78, 5) is 15.7. The zero-order chi connectivity index (χ0) is 12.0. The number of aliphatic hydroxyl groups excluding tert-OH is 1. The molecule has 0 aromatic rings. The van der Waals surface area contributed by atoms with E-state index < -0.39 is 5.92 Å². The number of aliphatic hydroxyl groups is 1. The van der Waals surface area contributed by atoms with Gasteiger partial charge >= 0.3 is 0 Å². The van der Waals surface area contributed by atoms with Gasteiger partial charge in [-0.25, -0.2) is 0 Å². The molecular weight excluding hydrogens is 206 g/mol. The molecule has 1 aliphatic heterocycles. The van der Waals surface area contributed by atoms with Gasteiger partial charge in [0.15, 0.2) is 0 Å². The van der Waals surface area contributed by atoms with E-state index in [1.807, 2.05) is 6.07 Å². The van der Waals surface area contributed by atoms with Crippen molar-refractivity contribution in [2.24, 2.45) is 5.92 Å². The predicted octanol–water partition coefficient (Wildman–Crippen LogP) is -0.327. The Morgan fingerprint density at radius 3 is 2.81 bits per heavy atom. The van der Waals surface area contributed by atoms with E-state index in [-0.39, 0.29) is 12.5 Å². The maximum atomic E-state index is 11.8. The summed E-state index contributed by atoms with van der Waals surface area (Å²) < 4.78 is 0. The Bertz CT molecular complexity index is 275. The van der Waals surface area contributed by atoms with Crippen molar-refractivity contribution in [1.29, 1.82) is 5.26 Å². The SMILES string of the molecule is CC(C#N)C(=O)N1CCCN(CCO)CC1. The number of nitriles is 1. The summed E-state index contributed by atoms with van der Waals surface area (Å²) in [6.45, 7) is 5.52. The number of amides is 1. The standard InChI is InChI=1S/C11H19N3O2/c1-10(9-12)11(16)14-4-2-3-13(5-6-14)7-8-15/h10,15H,2-8H2,1H3. The Morgan fingerprint density at radius 2 is 2.19 bits per heavy atom. The highest BCUT2D eigenvalue weighted by atomic mass is 16.3. The molecule has 5 heteroatoms. The van der Waals surface area contributed by atoms with Crippen LogP contribution in [0.2, 0.25) is 0 Å². The Labute approximate surface area is 96.3 Å². The van der Waals surface area contributed by atoms with Crippen molar-refractivity contribution in [3.63, 3.8) is 0 Å². The maximum Gasteiger partial charge on any atom is 0.239 e. The average molecular weight is 225 g/mol. The lowest BCUT2D eigenvalue weighted by Crippen LogP contribution is -2.38. The van der Waals surface area contributed by atoms with Crippen LogP contribution in [0.25, 0.3) is 0 Å². The van der Waals surface area contributed by atoms with E-state index in [2.05, 4.69) is 4.90 Å². The quantitative estimate of drug-likeness (QED) is 0.714. The van der Waals surface area contributed by atoms with Crippen LogP contribution < -0.4 is 0 Å². The molecule has 1 aliphatic rings. The van der Waals surface area contributed by atoms with Crippen molar-refractivity contribution in [3.8, 4) is 6.07 Å². The van der Waals surface area contributed by atoms with Gasteiger partial charge in [0, 0.05) is 26.2 Å². The highest BCUT2D eigenvalue weighted by molar-refractivity contribution is 5.80. The van der Waals surface area contributed by atoms with Crippen LogP contribution in [0.15, 0.2) is 0 Å². The molecule has 1 heterocycles. The maximum absolute atomic E-state index is 11.8. The Morgan fingerprint density at radius 1 is 1.44 bits per heavy atom. The van der Waals surface area contributed by atoms with Crippen LogP contribution in [-0.2, 0) is 4.79 Å². The average Bonchev–Trinajstić information content (AvgIpc) is 2.53. The Hall–Kier alpha value is -1.12. The van der Waals surface area contributed by atoms with Gasteiger partial charge in [-0.15, -0.1) is 0 Å². The molecule has 1 rings (SSSR count). The van der Waals surface area contributed by atoms with Gasteiger partial charge in [-0.2, -0.15) is 5.26 Å². The fourth-order valence-corrected chi connectivity index (χ4v) is 1.89. The van der Waals surface area contributed by atoms with Gasteiger partial charge in [0.2, 0.25) is 5.91 Å². The molecular formula is C11H19N3O2. The number of nitrogens with zero attached hydrogens (tertiary/aromatic N) is 3. The lowest BCUT2D eigenvalue weighted by atomic mass is 10.2. The molecule has 16 heavy (non-hydrogen) atoms. The van der Waals surface area contributed by atoms with Crippen LogP contribution >= 0.6 is 0 Å². The van der Waals surface area contributed by atoms with Crippen molar-refractivity contribution < 1.29 is 9.90 Å². The molecule has 1 saturated heterocycles. The minimum atomic E-state index is -0.551. The number of hydrogen-bond donors (Lipinski definition) is 1. The van der Waals surface area contributed by atoms with Crippen molar-refractivity contribution in [3.05, 3.63) is 0 Å². The van der Waals surface area contributed by atoms with Gasteiger partial charge in [-0.3, -0.25) is 9.69 Å². The first kappa shape index (κ1) is 12.9. The zero-order valence-corrected chi connectivity index (χ0v) is 9.72. The summed E-state index contributed by atoms with van der Waals surface area (Å²) in [5.41, 5.74) is 0. The molecule has 0 radical (unpaired) electrons. The fraction of sp³-hybridized carbons (Fsp3) is 0.818. The van der Waals surface area contributed by atoms with E-state index in [4.69, 9.17) is 10.4 Å². The topological polar surface area (TPSA) is 67.6 Å². The lowest BCUT2D eigenvalue weighted by molar-refractivity contribution is -0.133. The van der Waals surface area contributed by atoms with Crippen LogP contribution in [0, 0.1) is 17.2 Å². The number of hydrogen-bond acceptors (Lipinski definition) is 4. The molecule has 0 saturated carbocycles. The summed E-state index contributed by atoms with van der Waals surface area (Å²) in [5.74, 6) is -0.627. The van der Waals surface area contributed by atoms with Gasteiger partial charge in [-0.1, -0.05) is 0 Å². The highest BCUT2D eigenvalue weighted by Crippen LogP contribution is 2.07. The number of carbonyl (C=O) groups excluding carboxylic acids is 1. The van der Waals surface area contributed by atoms with Crippen LogP contribution in [0.4, 0.5) is 0 Å². The van der Waals surface area contributed by atoms with Crippen molar-refractivity contribution in [1.82, 2.24) is 9.80 Å². The van der Waals surface area contributed by atoms with Gasteiger partial charge in [0.25, 0.3) is 0 Å². The van der Waals surface area contributed by atoms with Crippen LogP contribution in [0.3, 0.4) is 0 Å². The predicted molar refractivity (Wildman–Crippen MR) is 59.5 cm³/mol. The molecule has 1 fully saturated rings. The van der Waals surface area contributed by atoms with E-state index in [0.717, 1.165) is 19.5 Å². The third kappa shape index (κ3) is 3.47. The normalized spacial score (nSPS) is 19.9. The summed E-state index contributed by atoms with van der Waals surface area (Å²) in [5, 5.41) is 17.5. The van der Waals surface area contributed by atoms with Gasteiger partial charge in [-0.05, 0) is 19.9 Å². The van der Waals surface area contributed by atoms with Gasteiger partial charge < -0.3 is 10.0 Å². The van der Waals surface area contributed by atoms with Crippen LogP contribution in [0.5, 0.6) is 0 Å². The smallest absolute Gasteiger partial charge is 0.239 e. The van der Waals surface area contributed by atoms with Crippen molar-refractivity contribution in [2.45, 2.75) is 13.3 Å². The number of β-amino-alcohol motifs (C(OH)–C–C–N with tert-alkyl or cyclic N) is 1. The molecule has 0 aliphatic carbocycles. The zero-order valence-electron chi connectivity index (χ0n) is 9.72. The van der Waals surface area contributed by atoms with Gasteiger partial charge in [0.1, 0.15) is 5.92 Å². The van der Waals surface area contributed by atoms with E-state index in [1.54, 1.807) is 11.8 Å². The second kappa shape index (κ2) is 6.46. The highest BCUT2D eigenvalue weighted by Gasteiger charge is 2.22. The molecule has 1 N–H and O–H groups in total. The van der Waals surface area contributed by atoms with Crippen LogP contribution in [0.1, 0.15) is 13.3 Å². The van der Waals surface area contributed by atoms with Crippen molar-refractivity contribution >= 4 is 5.91 Å². The molecule has 0 spiro atoms. The monoisotopic (exact) mass is 225 g/mol. The molecule has 0 aromatic carbocycles. The van der Waals surface area contributed by atoms with E-state index >= 15 is 0 Å². The second-order valence-corrected chi connectivity index (χ2v) is 4.09. The summed E-state index contributed by atoms with van der Waals surface area (Å²) in [7, 11) is 0. The molecule has 5 nitrogen and oxygen atoms in total. The first-order valence-corrected chi connectivity index (χ1v) is 5.70. The van der Waals surface area contributed by atoms with E-state index in [0.29, 0.717) is 19.6 Å². The van der Waals surface area contributed by atoms with Crippen LogP contribution in [-0.4, -0.2) is 60.1 Å². The minimum Gasteiger partial charge on any atom is -0.395 e. The second-order valence-electron chi connectivity index (χ2n) is 4.09. The molecule has 0 aromatic heterocycles. The van der Waals surface area contributed by atoms with E-state index in [9.17, 15) is 4.79 Å². The molecule has 0 bridgehead atoms. The minimum absolute atomic E-state index is 0.0756. The fourth-order valence-electron chi connectivity index (χ4n) is 1.89. The third-order valence-corrected chi connectivity index (χ3v) is 2.88. The van der Waals surface area contributed by atoms with Gasteiger partial charge in [0.05, 0.1) is 12.7 Å². The molecule has 1 atom stereocenters. The van der Waals surface area contributed by atoms with Crippen molar-refractivity contribution in [2.75, 3.05) is 39.3 Å². The largest absolute Gasteiger partial charge is 0.395 e. The first-order chi connectivity index (χ1) is 7.69. The third-order valence-electron chi connectivity index (χ3n) is 2.88. The molecule has 90 valence electrons. The summed E-state index contributed by atoms with van der Waals surface area (Å²) in [6.07, 6.45) is 0.907. The van der Waals surface area contributed by atoms with E-state index in [1.165, 1.54) is 0 Å². The molecule has 1 amide bonds. The number of carbonyl (C=O) groups is 1. The summed E-state index contributed by atoms with van der Waals surface area (Å²) >= 11 is 0. The Kier molecular flexibility index (Phi) is 5.23. The summed E-state index contributed by atoms with van der Waals surface area (Å²) in [6, 6.07) is 1.97. The lowest BCUT2D eigenvalue weighted by Gasteiger charge is -2.22. The first-order valence-electron chi connectivity index (χ1n) is 5.70. The molecule has 1 unspecified atom stereocenters.